The zero-order chi connectivity index (χ0) is 8.27. The van der Waals surface area contributed by atoms with Gasteiger partial charge in [0, 0.05) is 0 Å². The molecule has 0 radical (unpaired) electrons. The molecular formula is C11H22. The van der Waals surface area contributed by atoms with E-state index in [2.05, 4.69) is 20.8 Å². The first-order chi connectivity index (χ1) is 5.25. The molecular weight excluding hydrogens is 132 g/mol. The van der Waals surface area contributed by atoms with Gasteiger partial charge in [0.2, 0.25) is 0 Å². The molecule has 0 bridgehead atoms. The van der Waals surface area contributed by atoms with Crippen LogP contribution in [-0.2, 0) is 0 Å². The largest absolute Gasteiger partial charge is 0.0654 e. The van der Waals surface area contributed by atoms with Crippen LogP contribution in [0.1, 0.15) is 52.9 Å². The molecule has 1 aliphatic rings. The molecule has 3 atom stereocenters. The van der Waals surface area contributed by atoms with Crippen LogP contribution in [0.25, 0.3) is 0 Å². The van der Waals surface area contributed by atoms with E-state index in [-0.39, 0.29) is 0 Å². The molecule has 1 aliphatic carbocycles. The summed E-state index contributed by atoms with van der Waals surface area (Å²) in [6, 6.07) is 0. The van der Waals surface area contributed by atoms with E-state index in [1.807, 2.05) is 0 Å². The summed E-state index contributed by atoms with van der Waals surface area (Å²) < 4.78 is 0. The van der Waals surface area contributed by atoms with E-state index in [1.165, 1.54) is 32.1 Å². The minimum absolute atomic E-state index is 0.984. The minimum atomic E-state index is 0.984. The van der Waals surface area contributed by atoms with Gasteiger partial charge < -0.3 is 0 Å². The maximum Gasteiger partial charge on any atom is -0.0363 e. The van der Waals surface area contributed by atoms with Crippen molar-refractivity contribution in [2.75, 3.05) is 0 Å². The summed E-state index contributed by atoms with van der Waals surface area (Å²) in [5.74, 6) is 3.05. The quantitative estimate of drug-likeness (QED) is 0.579. The van der Waals surface area contributed by atoms with E-state index in [0.717, 1.165) is 17.8 Å². The van der Waals surface area contributed by atoms with E-state index in [9.17, 15) is 0 Å². The predicted octanol–water partition coefficient (Wildman–Crippen LogP) is 3.86. The summed E-state index contributed by atoms with van der Waals surface area (Å²) in [7, 11) is 0. The third-order valence-electron chi connectivity index (χ3n) is 3.40. The molecule has 0 aromatic heterocycles. The zero-order valence-electron chi connectivity index (χ0n) is 8.27. The third-order valence-corrected chi connectivity index (χ3v) is 3.40. The van der Waals surface area contributed by atoms with Gasteiger partial charge in [0.05, 0.1) is 0 Å². The Balaban J connectivity index is 2.33. The lowest BCUT2D eigenvalue weighted by molar-refractivity contribution is 0.278. The van der Waals surface area contributed by atoms with Gasteiger partial charge in [-0.15, -0.1) is 0 Å². The molecule has 0 aromatic rings. The van der Waals surface area contributed by atoms with Gasteiger partial charge in [-0.3, -0.25) is 0 Å². The van der Waals surface area contributed by atoms with Crippen LogP contribution < -0.4 is 0 Å². The first kappa shape index (κ1) is 9.09. The first-order valence-electron chi connectivity index (χ1n) is 5.25. The van der Waals surface area contributed by atoms with Crippen molar-refractivity contribution in [2.45, 2.75) is 52.9 Å². The van der Waals surface area contributed by atoms with Crippen LogP contribution in [0.2, 0.25) is 0 Å². The average Bonchev–Trinajstić information content (AvgIpc) is 2.36. The van der Waals surface area contributed by atoms with Crippen molar-refractivity contribution in [3.05, 3.63) is 0 Å². The van der Waals surface area contributed by atoms with Gasteiger partial charge in [-0.25, -0.2) is 0 Å². The molecule has 0 N–H and O–H groups in total. The fourth-order valence-electron chi connectivity index (χ4n) is 2.69. The van der Waals surface area contributed by atoms with Gasteiger partial charge in [0.25, 0.3) is 0 Å². The summed E-state index contributed by atoms with van der Waals surface area (Å²) in [5, 5.41) is 0. The molecule has 1 saturated carbocycles. The molecule has 0 amide bonds. The first-order valence-corrected chi connectivity index (χ1v) is 5.25. The topological polar surface area (TPSA) is 0 Å². The van der Waals surface area contributed by atoms with Crippen molar-refractivity contribution in [2.24, 2.45) is 17.8 Å². The standard InChI is InChI=1S/C11H22/c1-4-6-9(2)11-8-5-7-10(11)3/h9-11H,4-8H2,1-3H3/t9?,10-,11-/m1/s1. The smallest absolute Gasteiger partial charge is 0.0363 e. The molecule has 66 valence electrons. The van der Waals surface area contributed by atoms with Crippen LogP contribution in [-0.4, -0.2) is 0 Å². The third kappa shape index (κ3) is 2.21. The highest BCUT2D eigenvalue weighted by Crippen LogP contribution is 2.37. The Kier molecular flexibility index (Phi) is 3.42. The van der Waals surface area contributed by atoms with Crippen LogP contribution in [0.5, 0.6) is 0 Å². The second-order valence-electron chi connectivity index (χ2n) is 4.34. The summed E-state index contributed by atoms with van der Waals surface area (Å²) in [5.41, 5.74) is 0. The van der Waals surface area contributed by atoms with E-state index >= 15 is 0 Å². The van der Waals surface area contributed by atoms with Crippen LogP contribution in [0.3, 0.4) is 0 Å². The predicted molar refractivity (Wildman–Crippen MR) is 50.6 cm³/mol. The lowest BCUT2D eigenvalue weighted by atomic mass is 9.83. The Labute approximate surface area is 71.4 Å². The van der Waals surface area contributed by atoms with Crippen molar-refractivity contribution in [1.82, 2.24) is 0 Å². The zero-order valence-corrected chi connectivity index (χ0v) is 8.27. The molecule has 0 saturated heterocycles. The second-order valence-corrected chi connectivity index (χ2v) is 4.34. The van der Waals surface area contributed by atoms with Gasteiger partial charge >= 0.3 is 0 Å². The summed E-state index contributed by atoms with van der Waals surface area (Å²) in [4.78, 5) is 0. The lowest BCUT2D eigenvalue weighted by Gasteiger charge is -2.22. The molecule has 0 heteroatoms. The number of hydrogen-bond donors (Lipinski definition) is 0. The fourth-order valence-corrected chi connectivity index (χ4v) is 2.69. The van der Waals surface area contributed by atoms with Crippen molar-refractivity contribution in [3.63, 3.8) is 0 Å². The van der Waals surface area contributed by atoms with Crippen LogP contribution in [0.15, 0.2) is 0 Å². The molecule has 0 nitrogen and oxygen atoms in total. The van der Waals surface area contributed by atoms with Gasteiger partial charge in [0.15, 0.2) is 0 Å². The lowest BCUT2D eigenvalue weighted by Crippen LogP contribution is -2.13. The minimum Gasteiger partial charge on any atom is -0.0654 e. The van der Waals surface area contributed by atoms with Crippen LogP contribution in [0, 0.1) is 17.8 Å². The van der Waals surface area contributed by atoms with Crippen molar-refractivity contribution in [3.8, 4) is 0 Å². The maximum absolute atomic E-state index is 2.44. The summed E-state index contributed by atoms with van der Waals surface area (Å²) in [6.07, 6.45) is 7.28. The fraction of sp³-hybridized carbons (Fsp3) is 1.00. The highest BCUT2D eigenvalue weighted by molar-refractivity contribution is 4.77. The van der Waals surface area contributed by atoms with Gasteiger partial charge in [-0.05, 0) is 24.2 Å². The Morgan fingerprint density at radius 3 is 2.55 bits per heavy atom. The molecule has 11 heavy (non-hydrogen) atoms. The normalized spacial score (nSPS) is 34.1. The average molecular weight is 154 g/mol. The van der Waals surface area contributed by atoms with E-state index < -0.39 is 0 Å². The van der Waals surface area contributed by atoms with Crippen molar-refractivity contribution >= 4 is 0 Å². The highest BCUT2D eigenvalue weighted by atomic mass is 14.3. The Morgan fingerprint density at radius 2 is 2.09 bits per heavy atom. The molecule has 0 aliphatic heterocycles. The number of hydrogen-bond acceptors (Lipinski definition) is 0. The number of rotatable bonds is 3. The summed E-state index contributed by atoms with van der Waals surface area (Å²) in [6.45, 7) is 7.18. The monoisotopic (exact) mass is 154 g/mol. The van der Waals surface area contributed by atoms with Gasteiger partial charge in [0.1, 0.15) is 0 Å². The van der Waals surface area contributed by atoms with Gasteiger partial charge in [-0.2, -0.15) is 0 Å². The van der Waals surface area contributed by atoms with E-state index in [4.69, 9.17) is 0 Å². The molecule has 0 heterocycles. The molecule has 0 aromatic carbocycles. The molecule has 1 rings (SSSR count). The summed E-state index contributed by atoms with van der Waals surface area (Å²) >= 11 is 0. The Bertz CT molecular complexity index is 107. The van der Waals surface area contributed by atoms with Crippen molar-refractivity contribution < 1.29 is 0 Å². The van der Waals surface area contributed by atoms with Crippen LogP contribution in [0.4, 0.5) is 0 Å². The Morgan fingerprint density at radius 1 is 1.36 bits per heavy atom. The molecule has 1 fully saturated rings. The second kappa shape index (κ2) is 4.13. The molecule has 1 unspecified atom stereocenters. The van der Waals surface area contributed by atoms with Gasteiger partial charge in [-0.1, -0.05) is 46.5 Å². The van der Waals surface area contributed by atoms with Crippen LogP contribution >= 0.6 is 0 Å². The van der Waals surface area contributed by atoms with E-state index in [0.29, 0.717) is 0 Å². The molecule has 0 spiro atoms. The maximum atomic E-state index is 2.44. The SMILES string of the molecule is CCCC(C)[C@H]1CCC[C@H]1C. The Hall–Kier alpha value is 0. The van der Waals surface area contributed by atoms with E-state index in [1.54, 1.807) is 0 Å². The highest BCUT2D eigenvalue weighted by Gasteiger charge is 2.27. The van der Waals surface area contributed by atoms with Crippen molar-refractivity contribution in [1.29, 1.82) is 0 Å².